The van der Waals surface area contributed by atoms with Gasteiger partial charge in [-0.1, -0.05) is 26.8 Å². The van der Waals surface area contributed by atoms with E-state index in [9.17, 15) is 0 Å². The predicted molar refractivity (Wildman–Crippen MR) is 81.3 cm³/mol. The number of tetrazole rings is 1. The Labute approximate surface area is 120 Å². The van der Waals surface area contributed by atoms with Gasteiger partial charge in [-0.3, -0.25) is 0 Å². The molecule has 0 amide bonds. The third kappa shape index (κ3) is 2.53. The number of hydrogen-bond donors (Lipinski definition) is 1. The quantitative estimate of drug-likeness (QED) is 0.869. The average molecular weight is 273 g/mol. The van der Waals surface area contributed by atoms with Crippen LogP contribution in [0.4, 0.5) is 5.69 Å². The van der Waals surface area contributed by atoms with Gasteiger partial charge in [-0.25, -0.2) is 4.68 Å². The highest BCUT2D eigenvalue weighted by Gasteiger charge is 2.21. The lowest BCUT2D eigenvalue weighted by atomic mass is 10.00. The van der Waals surface area contributed by atoms with E-state index in [0.29, 0.717) is 12.0 Å². The maximum absolute atomic E-state index is 6.04. The Morgan fingerprint density at radius 3 is 2.50 bits per heavy atom. The van der Waals surface area contributed by atoms with Crippen molar-refractivity contribution < 1.29 is 0 Å². The summed E-state index contributed by atoms with van der Waals surface area (Å²) in [6.07, 6.45) is 0.996. The number of nitrogens with two attached hydrogens (primary N) is 1. The maximum atomic E-state index is 6.04. The largest absolute Gasteiger partial charge is 0.398 e. The van der Waals surface area contributed by atoms with Gasteiger partial charge in [-0.2, -0.15) is 0 Å². The van der Waals surface area contributed by atoms with E-state index in [-0.39, 0.29) is 0 Å². The molecule has 0 aliphatic carbocycles. The molecule has 1 aromatic heterocycles. The highest BCUT2D eigenvalue weighted by molar-refractivity contribution is 5.67. The number of hydrogen-bond acceptors (Lipinski definition) is 4. The van der Waals surface area contributed by atoms with E-state index in [4.69, 9.17) is 5.73 Å². The molecule has 5 nitrogen and oxygen atoms in total. The molecule has 0 saturated heterocycles. The van der Waals surface area contributed by atoms with Gasteiger partial charge in [0.2, 0.25) is 0 Å². The van der Waals surface area contributed by atoms with Crippen LogP contribution in [0, 0.1) is 19.8 Å². The molecule has 0 aliphatic rings. The van der Waals surface area contributed by atoms with Gasteiger partial charge in [0.25, 0.3) is 0 Å². The van der Waals surface area contributed by atoms with Gasteiger partial charge in [0.15, 0.2) is 5.82 Å². The van der Waals surface area contributed by atoms with Crippen LogP contribution in [0.15, 0.2) is 12.1 Å². The van der Waals surface area contributed by atoms with Gasteiger partial charge < -0.3 is 5.73 Å². The molecular weight excluding hydrogens is 250 g/mol. The third-order valence-electron chi connectivity index (χ3n) is 3.85. The summed E-state index contributed by atoms with van der Waals surface area (Å²) in [5.41, 5.74) is 10.1. The molecular formula is C15H23N5. The Hall–Kier alpha value is -1.91. The minimum atomic E-state index is 0.293. The summed E-state index contributed by atoms with van der Waals surface area (Å²) in [5, 5.41) is 12.3. The maximum Gasteiger partial charge on any atom is 0.182 e. The molecule has 108 valence electrons. The molecule has 1 aromatic carbocycles. The first-order valence-corrected chi connectivity index (χ1v) is 7.10. The molecule has 1 atom stereocenters. The summed E-state index contributed by atoms with van der Waals surface area (Å²) < 4.78 is 1.93. The van der Waals surface area contributed by atoms with E-state index >= 15 is 0 Å². The Morgan fingerprint density at radius 1 is 1.20 bits per heavy atom. The highest BCUT2D eigenvalue weighted by Crippen LogP contribution is 2.30. The van der Waals surface area contributed by atoms with Crippen molar-refractivity contribution in [2.75, 3.05) is 5.73 Å². The van der Waals surface area contributed by atoms with E-state index in [1.165, 1.54) is 0 Å². The molecule has 0 fully saturated rings. The van der Waals surface area contributed by atoms with Crippen LogP contribution in [-0.4, -0.2) is 20.2 Å². The summed E-state index contributed by atoms with van der Waals surface area (Å²) in [6.45, 7) is 10.6. The monoisotopic (exact) mass is 273 g/mol. The van der Waals surface area contributed by atoms with Gasteiger partial charge in [-0.05, 0) is 53.8 Å². The summed E-state index contributed by atoms with van der Waals surface area (Å²) in [7, 11) is 0. The molecule has 5 heteroatoms. The number of aryl methyl sites for hydroxylation is 2. The number of nitrogen functional groups attached to an aromatic ring is 1. The first-order valence-electron chi connectivity index (χ1n) is 7.10. The van der Waals surface area contributed by atoms with E-state index in [0.717, 1.165) is 34.6 Å². The van der Waals surface area contributed by atoms with E-state index < -0.39 is 0 Å². The molecule has 0 bridgehead atoms. The molecule has 0 saturated carbocycles. The lowest BCUT2D eigenvalue weighted by Crippen LogP contribution is -2.17. The highest BCUT2D eigenvalue weighted by atomic mass is 15.5. The molecule has 0 spiro atoms. The second-order valence-electron chi connectivity index (χ2n) is 5.69. The van der Waals surface area contributed by atoms with E-state index in [1.807, 2.05) is 17.7 Å². The number of anilines is 1. The summed E-state index contributed by atoms with van der Waals surface area (Å²) >= 11 is 0. The van der Waals surface area contributed by atoms with Crippen molar-refractivity contribution in [3.05, 3.63) is 23.3 Å². The van der Waals surface area contributed by atoms with Crippen LogP contribution in [0.1, 0.15) is 44.4 Å². The molecule has 2 aromatic rings. The molecule has 0 radical (unpaired) electrons. The van der Waals surface area contributed by atoms with Gasteiger partial charge in [0, 0.05) is 11.3 Å². The van der Waals surface area contributed by atoms with Crippen molar-refractivity contribution in [1.29, 1.82) is 0 Å². The minimum absolute atomic E-state index is 0.293. The van der Waals surface area contributed by atoms with Crippen molar-refractivity contribution in [3.63, 3.8) is 0 Å². The van der Waals surface area contributed by atoms with Crippen LogP contribution in [0.5, 0.6) is 0 Å². The van der Waals surface area contributed by atoms with Gasteiger partial charge >= 0.3 is 0 Å². The fourth-order valence-electron chi connectivity index (χ4n) is 2.63. The zero-order valence-electron chi connectivity index (χ0n) is 12.9. The fourth-order valence-corrected chi connectivity index (χ4v) is 2.63. The third-order valence-corrected chi connectivity index (χ3v) is 3.85. The Kier molecular flexibility index (Phi) is 4.06. The first kappa shape index (κ1) is 14.5. The van der Waals surface area contributed by atoms with Crippen LogP contribution in [0.3, 0.4) is 0 Å². The molecule has 20 heavy (non-hydrogen) atoms. The molecule has 1 heterocycles. The fraction of sp³-hybridized carbons (Fsp3) is 0.533. The van der Waals surface area contributed by atoms with E-state index in [1.54, 1.807) is 0 Å². The molecule has 1 unspecified atom stereocenters. The van der Waals surface area contributed by atoms with Crippen LogP contribution >= 0.6 is 0 Å². The number of benzene rings is 1. The van der Waals surface area contributed by atoms with Crippen LogP contribution in [0.25, 0.3) is 11.4 Å². The second kappa shape index (κ2) is 5.61. The Bertz CT molecular complexity index is 600. The summed E-state index contributed by atoms with van der Waals surface area (Å²) in [6, 6.07) is 4.35. The van der Waals surface area contributed by atoms with Crippen LogP contribution < -0.4 is 5.73 Å². The van der Waals surface area contributed by atoms with Crippen molar-refractivity contribution in [2.24, 2.45) is 5.92 Å². The zero-order valence-corrected chi connectivity index (χ0v) is 12.9. The van der Waals surface area contributed by atoms with Crippen molar-refractivity contribution in [1.82, 2.24) is 20.2 Å². The van der Waals surface area contributed by atoms with Crippen LogP contribution in [-0.2, 0) is 0 Å². The lowest BCUT2D eigenvalue weighted by molar-refractivity contribution is 0.333. The topological polar surface area (TPSA) is 69.6 Å². The predicted octanol–water partition coefficient (Wildman–Crippen LogP) is 3.15. The first-order chi connectivity index (χ1) is 9.45. The average Bonchev–Trinajstić information content (AvgIpc) is 2.83. The Balaban J connectivity index is 2.55. The van der Waals surface area contributed by atoms with Crippen LogP contribution in [0.2, 0.25) is 0 Å². The van der Waals surface area contributed by atoms with E-state index in [2.05, 4.69) is 49.3 Å². The van der Waals surface area contributed by atoms with Crippen molar-refractivity contribution >= 4 is 5.69 Å². The summed E-state index contributed by atoms with van der Waals surface area (Å²) in [5.74, 6) is 1.28. The number of rotatable bonds is 4. The molecule has 0 aliphatic heterocycles. The van der Waals surface area contributed by atoms with Gasteiger partial charge in [0.05, 0.1) is 6.04 Å². The molecule has 2 rings (SSSR count). The normalized spacial score (nSPS) is 12.9. The standard InChI is InChI=1S/C15H23N5/c1-6-14(9(2)3)20-15(17-18-19-20)12-8-13(16)11(5)7-10(12)4/h7-9,14H,6,16H2,1-5H3. The molecule has 2 N–H and O–H groups in total. The van der Waals surface area contributed by atoms with Gasteiger partial charge in [-0.15, -0.1) is 5.10 Å². The lowest BCUT2D eigenvalue weighted by Gasteiger charge is -2.21. The van der Waals surface area contributed by atoms with Gasteiger partial charge in [0.1, 0.15) is 0 Å². The number of aromatic nitrogens is 4. The van der Waals surface area contributed by atoms with Crippen molar-refractivity contribution in [2.45, 2.75) is 47.1 Å². The second-order valence-corrected chi connectivity index (χ2v) is 5.69. The smallest absolute Gasteiger partial charge is 0.182 e. The number of nitrogens with zero attached hydrogens (tertiary/aromatic N) is 4. The Morgan fingerprint density at radius 2 is 1.90 bits per heavy atom. The minimum Gasteiger partial charge on any atom is -0.398 e. The SMILES string of the molecule is CCC(C(C)C)n1nnnc1-c1cc(N)c(C)cc1C. The summed E-state index contributed by atoms with van der Waals surface area (Å²) in [4.78, 5) is 0. The zero-order chi connectivity index (χ0) is 14.9. The van der Waals surface area contributed by atoms with Crippen molar-refractivity contribution in [3.8, 4) is 11.4 Å².